The van der Waals surface area contributed by atoms with Crippen LogP contribution in [0.15, 0.2) is 28.5 Å². The first-order valence-electron chi connectivity index (χ1n) is 11.0. The van der Waals surface area contributed by atoms with Gasteiger partial charge in [-0.05, 0) is 42.5 Å². The number of fused-ring (bicyclic) bond motifs is 1. The molecule has 0 amide bonds. The van der Waals surface area contributed by atoms with Crippen molar-refractivity contribution in [2.24, 2.45) is 0 Å². The minimum atomic E-state index is -3.75. The van der Waals surface area contributed by atoms with Crippen LogP contribution in [0.5, 0.6) is 0 Å². The minimum absolute atomic E-state index is 0.116. The van der Waals surface area contributed by atoms with Crippen molar-refractivity contribution in [1.82, 2.24) is 9.21 Å². The third-order valence-corrected chi connectivity index (χ3v) is 9.77. The van der Waals surface area contributed by atoms with Gasteiger partial charge in [0, 0.05) is 37.6 Å². The number of hydrogen-bond acceptors (Lipinski definition) is 8. The summed E-state index contributed by atoms with van der Waals surface area (Å²) in [5.41, 5.74) is 2.54. The lowest BCUT2D eigenvalue weighted by Gasteiger charge is -2.27. The molecule has 0 bridgehead atoms. The van der Waals surface area contributed by atoms with Gasteiger partial charge in [0.25, 0.3) is 10.0 Å². The average molecular weight is 493 g/mol. The zero-order valence-corrected chi connectivity index (χ0v) is 20.5. The second-order valence-electron chi connectivity index (χ2n) is 8.27. The van der Waals surface area contributed by atoms with E-state index in [0.29, 0.717) is 44.7 Å². The molecule has 4 rings (SSSR count). The molecule has 33 heavy (non-hydrogen) atoms. The summed E-state index contributed by atoms with van der Waals surface area (Å²) in [6.07, 6.45) is 3.26. The Kier molecular flexibility index (Phi) is 7.18. The Labute approximate surface area is 198 Å². The van der Waals surface area contributed by atoms with Gasteiger partial charge in [0.15, 0.2) is 0 Å². The fourth-order valence-corrected chi connectivity index (χ4v) is 7.99. The van der Waals surface area contributed by atoms with Crippen LogP contribution in [-0.4, -0.2) is 63.4 Å². The molecule has 2 aromatic rings. The van der Waals surface area contributed by atoms with Crippen LogP contribution in [0.2, 0.25) is 0 Å². The quantitative estimate of drug-likeness (QED) is 0.572. The zero-order chi connectivity index (χ0) is 23.6. The number of nitrogens with zero attached hydrogens (tertiary/aromatic N) is 2. The lowest BCUT2D eigenvalue weighted by molar-refractivity contribution is 0.0588. The number of carbonyl (C=O) groups is 2. The number of piperidine rings is 1. The maximum absolute atomic E-state index is 13.4. The van der Waals surface area contributed by atoms with Crippen LogP contribution < -0.4 is 0 Å². The molecule has 0 saturated carbocycles. The van der Waals surface area contributed by atoms with Crippen molar-refractivity contribution in [3.8, 4) is 0 Å². The molecule has 10 heteroatoms. The Morgan fingerprint density at radius 1 is 0.970 bits per heavy atom. The van der Waals surface area contributed by atoms with Crippen molar-refractivity contribution >= 4 is 33.3 Å². The Hall–Kier alpha value is -2.27. The SMILES string of the molecule is COC(=O)c1ccc(CN2CCc3c(sc(S(=O)(=O)N4CCCCC4)c3C(=O)OC)C2)cc1. The Bertz CT molecular complexity index is 1130. The number of methoxy groups -OCH3 is 2. The lowest BCUT2D eigenvalue weighted by Crippen LogP contribution is -2.36. The van der Waals surface area contributed by atoms with Crippen molar-refractivity contribution in [1.29, 1.82) is 0 Å². The van der Waals surface area contributed by atoms with Crippen LogP contribution in [0.4, 0.5) is 0 Å². The van der Waals surface area contributed by atoms with Crippen LogP contribution in [-0.2, 0) is 39.0 Å². The van der Waals surface area contributed by atoms with E-state index in [2.05, 4.69) is 4.90 Å². The van der Waals surface area contributed by atoms with Crippen LogP contribution in [0.1, 0.15) is 56.0 Å². The van der Waals surface area contributed by atoms with Crippen molar-refractivity contribution in [3.63, 3.8) is 0 Å². The van der Waals surface area contributed by atoms with Crippen LogP contribution in [0.25, 0.3) is 0 Å². The number of rotatable bonds is 6. The topological polar surface area (TPSA) is 93.2 Å². The molecule has 0 N–H and O–H groups in total. The smallest absolute Gasteiger partial charge is 0.340 e. The van der Waals surface area contributed by atoms with Gasteiger partial charge in [-0.25, -0.2) is 18.0 Å². The number of benzene rings is 1. The van der Waals surface area contributed by atoms with Gasteiger partial charge in [-0.3, -0.25) is 4.90 Å². The van der Waals surface area contributed by atoms with E-state index in [-0.39, 0.29) is 15.7 Å². The zero-order valence-electron chi connectivity index (χ0n) is 18.8. The molecular formula is C23H28N2O6S2. The molecule has 8 nitrogen and oxygen atoms in total. The summed E-state index contributed by atoms with van der Waals surface area (Å²) >= 11 is 1.20. The molecule has 2 aliphatic heterocycles. The standard InChI is InChI=1S/C23H28N2O6S2/c1-30-21(26)17-8-6-16(7-9-17)14-24-13-10-18-19(15-24)32-23(20(18)22(27)31-2)33(28,29)25-11-4-3-5-12-25/h6-9H,3-5,10-15H2,1-2H3. The summed E-state index contributed by atoms with van der Waals surface area (Å²) in [7, 11) is -1.10. The van der Waals surface area contributed by atoms with Gasteiger partial charge in [-0.15, -0.1) is 11.3 Å². The van der Waals surface area contributed by atoms with E-state index in [0.717, 1.165) is 35.3 Å². The van der Waals surface area contributed by atoms with Gasteiger partial charge >= 0.3 is 11.9 Å². The number of hydrogen-bond donors (Lipinski definition) is 0. The maximum Gasteiger partial charge on any atom is 0.340 e. The van der Waals surface area contributed by atoms with Crippen molar-refractivity contribution in [2.75, 3.05) is 33.9 Å². The predicted molar refractivity (Wildman–Crippen MR) is 124 cm³/mol. The summed E-state index contributed by atoms with van der Waals surface area (Å²) in [4.78, 5) is 27.4. The number of sulfonamides is 1. The van der Waals surface area contributed by atoms with Gasteiger partial charge in [-0.2, -0.15) is 4.31 Å². The monoisotopic (exact) mass is 492 g/mol. The molecule has 0 atom stereocenters. The second kappa shape index (κ2) is 9.92. The van der Waals surface area contributed by atoms with Crippen molar-refractivity contribution in [3.05, 3.63) is 51.4 Å². The number of thiophene rings is 1. The number of ether oxygens (including phenoxy) is 2. The van der Waals surface area contributed by atoms with Crippen LogP contribution >= 0.6 is 11.3 Å². The molecule has 1 saturated heterocycles. The van der Waals surface area contributed by atoms with Gasteiger partial charge in [-0.1, -0.05) is 18.6 Å². The van der Waals surface area contributed by atoms with E-state index in [4.69, 9.17) is 9.47 Å². The normalized spacial score (nSPS) is 17.4. The van der Waals surface area contributed by atoms with Gasteiger partial charge < -0.3 is 9.47 Å². The molecule has 0 radical (unpaired) electrons. The van der Waals surface area contributed by atoms with Gasteiger partial charge in [0.05, 0.1) is 25.3 Å². The fourth-order valence-electron chi connectivity index (χ4n) is 4.40. The molecule has 1 fully saturated rings. The second-order valence-corrected chi connectivity index (χ2v) is 11.5. The molecule has 0 aliphatic carbocycles. The van der Waals surface area contributed by atoms with E-state index in [1.54, 1.807) is 12.1 Å². The maximum atomic E-state index is 13.4. The lowest BCUT2D eigenvalue weighted by atomic mass is 10.0. The first-order valence-corrected chi connectivity index (χ1v) is 13.2. The fraction of sp³-hybridized carbons (Fsp3) is 0.478. The Morgan fingerprint density at radius 2 is 1.64 bits per heavy atom. The van der Waals surface area contributed by atoms with E-state index in [1.165, 1.54) is 29.9 Å². The highest BCUT2D eigenvalue weighted by molar-refractivity contribution is 7.91. The molecule has 3 heterocycles. The molecule has 178 valence electrons. The van der Waals surface area contributed by atoms with Crippen molar-refractivity contribution < 1.29 is 27.5 Å². The predicted octanol–water partition coefficient (Wildman–Crippen LogP) is 3.05. The van der Waals surface area contributed by atoms with Crippen LogP contribution in [0.3, 0.4) is 0 Å². The third-order valence-electron chi connectivity index (χ3n) is 6.16. The van der Waals surface area contributed by atoms with E-state index in [1.807, 2.05) is 12.1 Å². The molecular weight excluding hydrogens is 464 g/mol. The van der Waals surface area contributed by atoms with Gasteiger partial charge in [0.2, 0.25) is 0 Å². The first kappa shape index (κ1) is 23.9. The Balaban J connectivity index is 1.58. The first-order chi connectivity index (χ1) is 15.8. The summed E-state index contributed by atoms with van der Waals surface area (Å²) in [6, 6.07) is 7.26. The summed E-state index contributed by atoms with van der Waals surface area (Å²) in [6.45, 7) is 2.87. The highest BCUT2D eigenvalue weighted by Gasteiger charge is 2.37. The van der Waals surface area contributed by atoms with E-state index in [9.17, 15) is 18.0 Å². The van der Waals surface area contributed by atoms with Crippen molar-refractivity contribution in [2.45, 2.75) is 43.0 Å². The van der Waals surface area contributed by atoms with Crippen LogP contribution in [0, 0.1) is 0 Å². The molecule has 0 spiro atoms. The minimum Gasteiger partial charge on any atom is -0.465 e. The summed E-state index contributed by atoms with van der Waals surface area (Å²) in [5.74, 6) is -0.963. The number of esters is 2. The van der Waals surface area contributed by atoms with E-state index < -0.39 is 16.0 Å². The average Bonchev–Trinajstić information content (AvgIpc) is 3.24. The largest absolute Gasteiger partial charge is 0.465 e. The summed E-state index contributed by atoms with van der Waals surface area (Å²) < 4.78 is 38.2. The molecule has 0 unspecified atom stereocenters. The Morgan fingerprint density at radius 3 is 2.27 bits per heavy atom. The summed E-state index contributed by atoms with van der Waals surface area (Å²) in [5, 5.41) is 0. The van der Waals surface area contributed by atoms with E-state index >= 15 is 0 Å². The van der Waals surface area contributed by atoms with Gasteiger partial charge in [0.1, 0.15) is 4.21 Å². The third kappa shape index (κ3) is 4.84. The highest BCUT2D eigenvalue weighted by Crippen LogP contribution is 2.38. The highest BCUT2D eigenvalue weighted by atomic mass is 32.2. The number of carbonyl (C=O) groups excluding carboxylic acids is 2. The molecule has 1 aromatic carbocycles. The molecule has 1 aromatic heterocycles. The molecule has 2 aliphatic rings.